The van der Waals surface area contributed by atoms with E-state index in [1.807, 2.05) is 27.7 Å². The second-order valence-corrected chi connectivity index (χ2v) is 17.7. The molecule has 3 fully saturated rings. The third-order valence-electron chi connectivity index (χ3n) is 12.6. The van der Waals surface area contributed by atoms with E-state index < -0.39 is 5.60 Å². The van der Waals surface area contributed by atoms with E-state index >= 15 is 0 Å². The fraction of sp³-hybridized carbons (Fsp3) is 0.729. The Morgan fingerprint density at radius 2 is 1.21 bits per heavy atom. The van der Waals surface area contributed by atoms with Gasteiger partial charge in [0.1, 0.15) is 17.1 Å². The van der Waals surface area contributed by atoms with Crippen LogP contribution in [0.2, 0.25) is 0 Å². The minimum atomic E-state index is -0.484. The molecule has 2 aromatic carbocycles. The average Bonchev–Trinajstić information content (AvgIpc) is 3.70. The predicted octanol–water partition coefficient (Wildman–Crippen LogP) is 8.24. The molecule has 4 aliphatic carbocycles. The maximum atomic E-state index is 12.6. The number of ether oxygens (including phenoxy) is 4. The summed E-state index contributed by atoms with van der Waals surface area (Å²) in [7, 11) is 2.15. The molecular weight excluding hydrogens is 718 g/mol. The molecule has 5 aliphatic rings. The summed E-state index contributed by atoms with van der Waals surface area (Å²) in [5.74, 6) is 3.20. The predicted molar refractivity (Wildman–Crippen MR) is 237 cm³/mol. The van der Waals surface area contributed by atoms with Crippen molar-refractivity contribution < 1.29 is 44.0 Å². The molecule has 7 rings (SSSR count). The number of amides is 1. The van der Waals surface area contributed by atoms with Crippen LogP contribution in [0.1, 0.15) is 164 Å². The molecular formula is C48H81AlLiN2O5. The van der Waals surface area contributed by atoms with Crippen molar-refractivity contribution in [2.75, 3.05) is 33.5 Å². The summed E-state index contributed by atoms with van der Waals surface area (Å²) < 4.78 is 22.1. The quantitative estimate of drug-likeness (QED) is 0.287. The molecule has 0 spiro atoms. The van der Waals surface area contributed by atoms with Gasteiger partial charge in [-0.25, -0.2) is 4.79 Å². The van der Waals surface area contributed by atoms with Gasteiger partial charge in [0.15, 0.2) is 0 Å². The molecule has 317 valence electrons. The normalized spacial score (nSPS) is 27.0. The first-order chi connectivity index (χ1) is 25.4. The van der Waals surface area contributed by atoms with Gasteiger partial charge in [-0.2, -0.15) is 0 Å². The average molecular weight is 800 g/mol. The fourth-order valence-corrected chi connectivity index (χ4v) is 10.3. The summed E-state index contributed by atoms with van der Waals surface area (Å²) in [5, 5.41) is 6.94. The molecule has 1 heterocycles. The fourth-order valence-electron chi connectivity index (χ4n) is 10.3. The molecule has 57 heavy (non-hydrogen) atoms. The monoisotopic (exact) mass is 800 g/mol. The Morgan fingerprint density at radius 1 is 0.754 bits per heavy atom. The third-order valence-corrected chi connectivity index (χ3v) is 12.6. The van der Waals surface area contributed by atoms with Gasteiger partial charge in [-0.15, -0.1) is 0 Å². The number of benzene rings is 2. The van der Waals surface area contributed by atoms with Crippen molar-refractivity contribution in [2.45, 2.75) is 182 Å². The standard InChI is InChI=1S/C23H35NO3.C19H29NO.C4H8O.2CH4.Al.Li.H/c1-6-26-18-12-11-16-14-17-10-8-7-9-13-23(5,19(16)15-18)20(17)24-21(25)27-22(2,3)4;1-4-21-16-10-9-14-12-15-8-6-5-7-11-19(2,17(14)13-16)18(15)20-3;1-2-4-5-3-1;;;;;/h11-12,15,17,20H,6-10,13-14H2,1-5H3,(H,24,25);9-10,13,15,18,20H,4-8,11-12H2,1-3H3;1-4H2;2*1H4;;;/q;;;;;;+1;-1/t17-,20-,23+;15-,18-,19+;;;;;;/m00....../s1. The maximum absolute atomic E-state index is 12.6. The van der Waals surface area contributed by atoms with Crippen molar-refractivity contribution >= 4 is 23.5 Å². The van der Waals surface area contributed by atoms with Gasteiger partial charge in [-0.05, 0) is 151 Å². The van der Waals surface area contributed by atoms with Gasteiger partial charge < -0.3 is 31.0 Å². The zero-order valence-corrected chi connectivity index (χ0v) is 37.3. The zero-order chi connectivity index (χ0) is 38.1. The van der Waals surface area contributed by atoms with Gasteiger partial charge in [0.25, 0.3) is 0 Å². The van der Waals surface area contributed by atoms with Crippen LogP contribution in [0.15, 0.2) is 36.4 Å². The van der Waals surface area contributed by atoms with Crippen LogP contribution < -0.4 is 39.0 Å². The molecule has 2 aromatic rings. The number of alkyl carbamates (subject to hydrolysis) is 1. The van der Waals surface area contributed by atoms with Crippen molar-refractivity contribution in [1.82, 2.24) is 10.6 Å². The van der Waals surface area contributed by atoms with Crippen LogP contribution in [0.5, 0.6) is 11.5 Å². The first-order valence-corrected chi connectivity index (χ1v) is 21.2. The van der Waals surface area contributed by atoms with E-state index in [2.05, 4.69) is 74.9 Å². The Balaban J connectivity index is 0.000000941. The van der Waals surface area contributed by atoms with Crippen molar-refractivity contribution in [3.8, 4) is 11.5 Å². The molecule has 0 aromatic heterocycles. The van der Waals surface area contributed by atoms with E-state index in [0.717, 1.165) is 56.5 Å². The number of fused-ring (bicyclic) bond motifs is 8. The topological polar surface area (TPSA) is 78.0 Å². The van der Waals surface area contributed by atoms with Crippen LogP contribution >= 0.6 is 0 Å². The Kier molecular flexibility index (Phi) is 23.0. The summed E-state index contributed by atoms with van der Waals surface area (Å²) in [5.41, 5.74) is 5.51. The molecule has 2 N–H and O–H groups in total. The molecule has 2 saturated carbocycles. The molecule has 0 unspecified atom stereocenters. The van der Waals surface area contributed by atoms with E-state index in [-0.39, 0.29) is 75.5 Å². The Morgan fingerprint density at radius 3 is 1.61 bits per heavy atom. The van der Waals surface area contributed by atoms with Crippen LogP contribution in [0, 0.1) is 11.8 Å². The zero-order valence-electron chi connectivity index (χ0n) is 37.1. The van der Waals surface area contributed by atoms with E-state index in [1.54, 1.807) is 5.56 Å². The second-order valence-electron chi connectivity index (χ2n) is 17.7. The Bertz CT molecular complexity index is 1480. The van der Waals surface area contributed by atoms with E-state index in [0.29, 0.717) is 18.6 Å². The smallest absolute Gasteiger partial charge is 1.00 e. The summed E-state index contributed by atoms with van der Waals surface area (Å²) in [4.78, 5) is 12.6. The van der Waals surface area contributed by atoms with Gasteiger partial charge in [-0.3, -0.25) is 0 Å². The molecule has 4 bridgehead atoms. The number of hydrogen-bond donors (Lipinski definition) is 2. The van der Waals surface area contributed by atoms with E-state index in [9.17, 15) is 4.79 Å². The van der Waals surface area contributed by atoms with Gasteiger partial charge in [0, 0.05) is 53.5 Å². The van der Waals surface area contributed by atoms with Crippen molar-refractivity contribution in [2.24, 2.45) is 11.8 Å². The van der Waals surface area contributed by atoms with Crippen molar-refractivity contribution in [3.63, 3.8) is 0 Å². The van der Waals surface area contributed by atoms with Crippen molar-refractivity contribution in [1.29, 1.82) is 0 Å². The Hall–Kier alpha value is -1.64. The SMILES string of the molecule is C.C.C1CCOC1.CCOc1ccc2c(c1)[C@@]1(C)CCCCC[C@@H](C2)[C@@H]1NC.CCOc1ccc2c(c1)[C@@]1(C)CCCCC[C@@H](C2)[C@@H]1NC(=O)OC(C)(C)C.[Al].[H-].[Li+]. The van der Waals surface area contributed by atoms with Crippen LogP contribution in [-0.4, -0.2) is 74.6 Å². The molecule has 6 atom stereocenters. The first-order valence-electron chi connectivity index (χ1n) is 21.2. The van der Waals surface area contributed by atoms with Gasteiger partial charge in [0.05, 0.1) is 13.2 Å². The first kappa shape index (κ1) is 53.4. The van der Waals surface area contributed by atoms with Gasteiger partial charge in [0.2, 0.25) is 0 Å². The van der Waals surface area contributed by atoms with E-state index in [1.165, 1.54) is 87.3 Å². The summed E-state index contributed by atoms with van der Waals surface area (Å²) in [6, 6.07) is 14.0. The summed E-state index contributed by atoms with van der Waals surface area (Å²) >= 11 is 0. The number of rotatable bonds is 6. The van der Waals surface area contributed by atoms with Crippen LogP contribution in [0.4, 0.5) is 4.79 Å². The number of nitrogens with one attached hydrogen (secondary N) is 2. The minimum Gasteiger partial charge on any atom is -1.00 e. The molecule has 1 amide bonds. The van der Waals surface area contributed by atoms with Crippen LogP contribution in [0.3, 0.4) is 0 Å². The molecule has 1 aliphatic heterocycles. The maximum Gasteiger partial charge on any atom is 1.00 e. The second kappa shape index (κ2) is 24.6. The summed E-state index contributed by atoms with van der Waals surface area (Å²) in [6.07, 6.45) is 17.2. The largest absolute Gasteiger partial charge is 1.00 e. The Labute approximate surface area is 373 Å². The third kappa shape index (κ3) is 13.7. The molecule has 7 nitrogen and oxygen atoms in total. The van der Waals surface area contributed by atoms with Gasteiger partial charge in [-0.1, -0.05) is 79.4 Å². The van der Waals surface area contributed by atoms with Gasteiger partial charge >= 0.3 is 25.0 Å². The minimum absolute atomic E-state index is 0. The number of carbonyl (C=O) groups is 1. The molecule has 1 saturated heterocycles. The molecule has 9 heteroatoms. The van der Waals surface area contributed by atoms with Crippen molar-refractivity contribution in [3.05, 3.63) is 58.7 Å². The number of hydrogen-bond acceptors (Lipinski definition) is 6. The summed E-state index contributed by atoms with van der Waals surface area (Å²) in [6.45, 7) is 18.0. The van der Waals surface area contributed by atoms with E-state index in [4.69, 9.17) is 18.9 Å². The van der Waals surface area contributed by atoms with Crippen LogP contribution in [0.25, 0.3) is 0 Å². The molecule has 3 radical (unpaired) electrons. The number of likely N-dealkylation sites (N-methyl/N-ethyl adjacent to an activating group) is 1. The van der Waals surface area contributed by atoms with Crippen LogP contribution in [-0.2, 0) is 33.1 Å². The number of carbonyl (C=O) groups excluding carboxylic acids is 1.